The molecule has 222 valence electrons. The first-order chi connectivity index (χ1) is 20.2. The number of carbonyl (C=O) groups is 2. The van der Waals surface area contributed by atoms with Crippen LogP contribution in [0.1, 0.15) is 49.9 Å². The van der Waals surface area contributed by atoms with Crippen LogP contribution in [0.4, 0.5) is 14.5 Å². The SMILES string of the molecule is C[C@@H]1CN(C(=O)C2CC2c2ccccc2OC(F)F)C[C@H](C)N1Cc1cn(C2CCN(c3ccc(Br)cc3)C2=O)nn1. The first kappa shape index (κ1) is 28.7. The molecule has 9 nitrogen and oxygen atoms in total. The molecule has 1 aliphatic carbocycles. The Morgan fingerprint density at radius 2 is 1.81 bits per heavy atom. The molecule has 3 heterocycles. The van der Waals surface area contributed by atoms with E-state index in [1.807, 2.05) is 35.4 Å². The molecule has 42 heavy (non-hydrogen) atoms. The maximum Gasteiger partial charge on any atom is 0.387 e. The Bertz CT molecular complexity index is 1440. The second-order valence-electron chi connectivity index (χ2n) is 11.4. The lowest BCUT2D eigenvalue weighted by Crippen LogP contribution is -2.57. The number of alkyl halides is 2. The average molecular weight is 644 g/mol. The Labute approximate surface area is 251 Å². The molecule has 12 heteroatoms. The van der Waals surface area contributed by atoms with Crippen LogP contribution in [0.3, 0.4) is 0 Å². The number of amides is 2. The smallest absolute Gasteiger partial charge is 0.387 e. The minimum atomic E-state index is -2.90. The number of piperazine rings is 1. The molecule has 5 atom stereocenters. The molecule has 2 aliphatic heterocycles. The van der Waals surface area contributed by atoms with Gasteiger partial charge in [-0.05, 0) is 68.5 Å². The van der Waals surface area contributed by atoms with E-state index in [2.05, 4.69) is 45.0 Å². The van der Waals surface area contributed by atoms with Gasteiger partial charge in [-0.1, -0.05) is 39.3 Å². The Hall–Kier alpha value is -3.38. The molecule has 2 amide bonds. The number of carbonyl (C=O) groups excluding carboxylic acids is 2. The number of hydrogen-bond donors (Lipinski definition) is 0. The molecule has 0 bridgehead atoms. The van der Waals surface area contributed by atoms with Gasteiger partial charge >= 0.3 is 6.61 Å². The number of halogens is 3. The first-order valence-electron chi connectivity index (χ1n) is 14.3. The normalized spacial score (nSPS) is 26.2. The highest BCUT2D eigenvalue weighted by Crippen LogP contribution is 2.51. The highest BCUT2D eigenvalue weighted by molar-refractivity contribution is 9.10. The van der Waals surface area contributed by atoms with Crippen molar-refractivity contribution in [2.24, 2.45) is 5.92 Å². The largest absolute Gasteiger partial charge is 0.435 e. The summed E-state index contributed by atoms with van der Waals surface area (Å²) in [5, 5.41) is 8.69. The van der Waals surface area contributed by atoms with E-state index in [-0.39, 0.29) is 47.5 Å². The molecule has 0 spiro atoms. The highest BCUT2D eigenvalue weighted by Gasteiger charge is 2.48. The number of hydrogen-bond acceptors (Lipinski definition) is 6. The van der Waals surface area contributed by atoms with Crippen LogP contribution < -0.4 is 9.64 Å². The van der Waals surface area contributed by atoms with E-state index in [1.54, 1.807) is 27.8 Å². The van der Waals surface area contributed by atoms with Crippen LogP contribution >= 0.6 is 15.9 Å². The predicted octanol–water partition coefficient (Wildman–Crippen LogP) is 4.84. The summed E-state index contributed by atoms with van der Waals surface area (Å²) in [5.74, 6) is -0.119. The number of benzene rings is 2. The Morgan fingerprint density at radius 3 is 2.52 bits per heavy atom. The molecule has 1 aromatic heterocycles. The minimum Gasteiger partial charge on any atom is -0.435 e. The molecular formula is C30H33BrF2N6O3. The quantitative estimate of drug-likeness (QED) is 0.350. The van der Waals surface area contributed by atoms with Crippen molar-refractivity contribution in [2.75, 3.05) is 24.5 Å². The van der Waals surface area contributed by atoms with Gasteiger partial charge in [-0.3, -0.25) is 14.5 Å². The molecule has 2 saturated heterocycles. The summed E-state index contributed by atoms with van der Waals surface area (Å²) in [6, 6.07) is 14.2. The molecule has 3 aliphatic rings. The number of aromatic nitrogens is 3. The van der Waals surface area contributed by atoms with Crippen molar-refractivity contribution in [3.8, 4) is 5.75 Å². The van der Waals surface area contributed by atoms with E-state index >= 15 is 0 Å². The van der Waals surface area contributed by atoms with Gasteiger partial charge in [-0.25, -0.2) is 4.68 Å². The Kier molecular flexibility index (Phi) is 8.01. The van der Waals surface area contributed by atoms with Crippen molar-refractivity contribution in [1.82, 2.24) is 24.8 Å². The predicted molar refractivity (Wildman–Crippen MR) is 155 cm³/mol. The van der Waals surface area contributed by atoms with Gasteiger partial charge < -0.3 is 14.5 Å². The molecular weight excluding hydrogens is 610 g/mol. The second-order valence-corrected chi connectivity index (χ2v) is 12.4. The van der Waals surface area contributed by atoms with Crippen molar-refractivity contribution in [3.05, 3.63) is 70.5 Å². The fraction of sp³-hybridized carbons (Fsp3) is 0.467. The lowest BCUT2D eigenvalue weighted by molar-refractivity contribution is -0.137. The van der Waals surface area contributed by atoms with Gasteiger partial charge in [0.05, 0.1) is 11.9 Å². The van der Waals surface area contributed by atoms with Crippen LogP contribution in [-0.4, -0.2) is 74.9 Å². The van der Waals surface area contributed by atoms with Crippen molar-refractivity contribution in [3.63, 3.8) is 0 Å². The number of rotatable bonds is 8. The van der Waals surface area contributed by atoms with E-state index in [9.17, 15) is 18.4 Å². The number of anilines is 1. The summed E-state index contributed by atoms with van der Waals surface area (Å²) < 4.78 is 33.1. The average Bonchev–Trinajstić information content (AvgIpc) is 3.46. The van der Waals surface area contributed by atoms with E-state index < -0.39 is 6.61 Å². The molecule has 3 aromatic rings. The lowest BCUT2D eigenvalue weighted by Gasteiger charge is -2.44. The van der Waals surface area contributed by atoms with Gasteiger partial charge in [0.1, 0.15) is 11.8 Å². The van der Waals surface area contributed by atoms with Gasteiger partial charge in [0.15, 0.2) is 0 Å². The van der Waals surface area contributed by atoms with Crippen molar-refractivity contribution >= 4 is 33.4 Å². The van der Waals surface area contributed by atoms with Crippen LogP contribution in [-0.2, 0) is 16.1 Å². The third-order valence-electron chi connectivity index (χ3n) is 8.59. The molecule has 0 N–H and O–H groups in total. The van der Waals surface area contributed by atoms with Crippen LogP contribution in [0.5, 0.6) is 5.75 Å². The maximum absolute atomic E-state index is 13.4. The summed E-state index contributed by atoms with van der Waals surface area (Å²) in [6.07, 6.45) is 3.15. The fourth-order valence-electron chi connectivity index (χ4n) is 6.40. The number of ether oxygens (including phenoxy) is 1. The van der Waals surface area contributed by atoms with E-state index in [4.69, 9.17) is 4.74 Å². The minimum absolute atomic E-state index is 0.00408. The third kappa shape index (κ3) is 5.78. The van der Waals surface area contributed by atoms with Crippen LogP contribution in [0, 0.1) is 5.92 Å². The summed E-state index contributed by atoms with van der Waals surface area (Å²) in [4.78, 5) is 32.6. The van der Waals surface area contributed by atoms with Gasteiger partial charge in [-0.15, -0.1) is 5.10 Å². The Morgan fingerprint density at radius 1 is 1.10 bits per heavy atom. The summed E-state index contributed by atoms with van der Waals surface area (Å²) >= 11 is 3.43. The van der Waals surface area contributed by atoms with Crippen LogP contribution in [0.2, 0.25) is 0 Å². The number of para-hydroxylation sites is 1. The van der Waals surface area contributed by atoms with Gasteiger partial charge in [0.2, 0.25) is 5.91 Å². The summed E-state index contributed by atoms with van der Waals surface area (Å²) in [6.45, 7) is 3.60. The molecule has 2 aromatic carbocycles. The molecule has 3 fully saturated rings. The van der Waals surface area contributed by atoms with E-state index in [1.165, 1.54) is 6.07 Å². The van der Waals surface area contributed by atoms with E-state index in [0.29, 0.717) is 44.6 Å². The Balaban J connectivity index is 1.05. The topological polar surface area (TPSA) is 83.8 Å². The maximum atomic E-state index is 13.4. The second kappa shape index (κ2) is 11.7. The van der Waals surface area contributed by atoms with Gasteiger partial charge in [0.25, 0.3) is 5.91 Å². The van der Waals surface area contributed by atoms with Crippen molar-refractivity contribution in [2.45, 2.75) is 63.9 Å². The van der Waals surface area contributed by atoms with Crippen LogP contribution in [0.15, 0.2) is 59.2 Å². The number of nitrogens with zero attached hydrogens (tertiary/aromatic N) is 6. The van der Waals surface area contributed by atoms with E-state index in [0.717, 1.165) is 15.9 Å². The molecule has 0 radical (unpaired) electrons. The van der Waals surface area contributed by atoms with Gasteiger partial charge in [-0.2, -0.15) is 8.78 Å². The van der Waals surface area contributed by atoms with Gasteiger partial charge in [0, 0.05) is 54.3 Å². The standard InChI is InChI=1S/C30H33BrF2N6O3/c1-18-14-36(28(40)25-13-24(25)23-5-3-4-6-27(23)42-30(32)33)15-19(2)38(18)16-21-17-39(35-34-21)26-11-12-37(29(26)41)22-9-7-20(31)8-10-22/h3-10,17-19,24-26,30H,11-16H2,1-2H3/t18-,19+,24?,25?,26?. The zero-order chi connectivity index (χ0) is 29.5. The first-order valence-corrected chi connectivity index (χ1v) is 15.0. The van der Waals surface area contributed by atoms with Crippen molar-refractivity contribution < 1.29 is 23.1 Å². The monoisotopic (exact) mass is 642 g/mol. The zero-order valence-corrected chi connectivity index (χ0v) is 25.0. The molecule has 6 rings (SSSR count). The highest BCUT2D eigenvalue weighted by atomic mass is 79.9. The van der Waals surface area contributed by atoms with Crippen molar-refractivity contribution in [1.29, 1.82) is 0 Å². The third-order valence-corrected chi connectivity index (χ3v) is 9.12. The lowest BCUT2D eigenvalue weighted by atomic mass is 10.0. The summed E-state index contributed by atoms with van der Waals surface area (Å²) in [5.41, 5.74) is 2.31. The fourth-order valence-corrected chi connectivity index (χ4v) is 6.66. The molecule has 1 saturated carbocycles. The summed E-state index contributed by atoms with van der Waals surface area (Å²) in [7, 11) is 0. The molecule has 3 unspecified atom stereocenters. The van der Waals surface area contributed by atoms with Crippen LogP contribution in [0.25, 0.3) is 0 Å². The zero-order valence-electron chi connectivity index (χ0n) is 23.4.